The van der Waals surface area contributed by atoms with Crippen molar-refractivity contribution < 1.29 is 8.42 Å². The molecule has 0 radical (unpaired) electrons. The van der Waals surface area contributed by atoms with Crippen molar-refractivity contribution in [3.05, 3.63) is 17.0 Å². The highest BCUT2D eigenvalue weighted by molar-refractivity contribution is 7.75. The highest BCUT2D eigenvalue weighted by atomic mass is 32.2. The van der Waals surface area contributed by atoms with Gasteiger partial charge in [0.15, 0.2) is 10.7 Å². The van der Waals surface area contributed by atoms with Crippen molar-refractivity contribution in [2.24, 2.45) is 0 Å². The zero-order valence-electron chi connectivity index (χ0n) is 4.83. The minimum atomic E-state index is -2.36. The average molecular weight is 162 g/mol. The first-order valence-corrected chi connectivity index (χ1v) is 4.40. The van der Waals surface area contributed by atoms with Gasteiger partial charge in [0.25, 0.3) is 0 Å². The van der Waals surface area contributed by atoms with Gasteiger partial charge < -0.3 is 0 Å². The van der Waals surface area contributed by atoms with E-state index in [2.05, 4.69) is 0 Å². The number of hydrogen-bond donors (Lipinski definition) is 1. The van der Waals surface area contributed by atoms with Gasteiger partial charge in [-0.3, -0.25) is 0 Å². The van der Waals surface area contributed by atoms with Crippen molar-refractivity contribution in [2.45, 2.75) is 11.1 Å². The van der Waals surface area contributed by atoms with Crippen LogP contribution in [0.15, 0.2) is 16.3 Å². The molecule has 0 atom stereocenters. The van der Waals surface area contributed by atoms with Gasteiger partial charge in [-0.15, -0.1) is 11.3 Å². The summed E-state index contributed by atoms with van der Waals surface area (Å²) in [5.74, 6) is 0. The fourth-order valence-corrected chi connectivity index (χ4v) is 2.05. The molecule has 4 heteroatoms. The number of aryl methyl sites for hydroxylation is 1. The van der Waals surface area contributed by atoms with Gasteiger partial charge in [0.05, 0.1) is 0 Å². The van der Waals surface area contributed by atoms with Crippen LogP contribution in [0.25, 0.3) is 0 Å². The highest BCUT2D eigenvalue weighted by Gasteiger charge is 1.95. The largest absolute Gasteiger partial charge is 0.226 e. The van der Waals surface area contributed by atoms with Crippen LogP contribution in [0, 0.1) is 6.92 Å². The van der Waals surface area contributed by atoms with Crippen molar-refractivity contribution in [2.75, 3.05) is 0 Å². The van der Waals surface area contributed by atoms with Gasteiger partial charge in [0.2, 0.25) is 0 Å². The molecule has 0 aliphatic rings. The molecule has 0 unspecified atom stereocenters. The topological polar surface area (TPSA) is 34.1 Å². The third kappa shape index (κ3) is 1.53. The van der Waals surface area contributed by atoms with E-state index in [4.69, 9.17) is 0 Å². The van der Waals surface area contributed by atoms with Crippen molar-refractivity contribution >= 4 is 22.0 Å². The second kappa shape index (κ2) is 2.49. The van der Waals surface area contributed by atoms with E-state index in [0.29, 0.717) is 4.21 Å². The Balaban J connectivity index is 3.12. The lowest BCUT2D eigenvalue weighted by atomic mass is 10.5. The van der Waals surface area contributed by atoms with E-state index >= 15 is 0 Å². The lowest BCUT2D eigenvalue weighted by Crippen LogP contribution is -1.67. The number of thiol groups is 1. The van der Waals surface area contributed by atoms with Gasteiger partial charge in [0, 0.05) is 4.88 Å². The molecule has 0 aromatic carbocycles. The average Bonchev–Trinajstić information content (AvgIpc) is 2.14. The SMILES string of the molecule is Cc1ccc([SH](=O)=O)s1. The van der Waals surface area contributed by atoms with E-state index in [1.807, 2.05) is 6.92 Å². The molecule has 1 aromatic heterocycles. The summed E-state index contributed by atoms with van der Waals surface area (Å²) in [5.41, 5.74) is 0. The van der Waals surface area contributed by atoms with E-state index in [9.17, 15) is 8.42 Å². The van der Waals surface area contributed by atoms with Crippen LogP contribution in [0.4, 0.5) is 0 Å². The summed E-state index contributed by atoms with van der Waals surface area (Å²) in [6.45, 7) is 1.88. The molecule has 0 N–H and O–H groups in total. The summed E-state index contributed by atoms with van der Waals surface area (Å²) < 4.78 is 21.0. The first-order valence-electron chi connectivity index (χ1n) is 2.41. The molecular weight excluding hydrogens is 156 g/mol. The van der Waals surface area contributed by atoms with E-state index in [1.165, 1.54) is 11.3 Å². The maximum absolute atomic E-state index is 10.3. The maximum Gasteiger partial charge on any atom is 0.177 e. The maximum atomic E-state index is 10.3. The Hall–Kier alpha value is -0.350. The van der Waals surface area contributed by atoms with Gasteiger partial charge in [-0.25, -0.2) is 8.42 Å². The molecule has 50 valence electrons. The van der Waals surface area contributed by atoms with Crippen LogP contribution in [0.5, 0.6) is 0 Å². The molecule has 9 heavy (non-hydrogen) atoms. The molecule has 2 nitrogen and oxygen atoms in total. The number of rotatable bonds is 1. The molecule has 1 aromatic rings. The Bertz CT molecular complexity index is 264. The third-order valence-electron chi connectivity index (χ3n) is 0.906. The normalized spacial score (nSPS) is 10.4. The molecule has 0 aliphatic carbocycles. The second-order valence-electron chi connectivity index (χ2n) is 1.64. The molecule has 0 spiro atoms. The molecule has 0 aliphatic heterocycles. The minimum absolute atomic E-state index is 0.447. The number of thiophene rings is 1. The zero-order chi connectivity index (χ0) is 6.85. The van der Waals surface area contributed by atoms with Crippen LogP contribution in [-0.2, 0) is 10.7 Å². The summed E-state index contributed by atoms with van der Waals surface area (Å²) in [7, 11) is -2.36. The zero-order valence-corrected chi connectivity index (χ0v) is 6.54. The van der Waals surface area contributed by atoms with Crippen LogP contribution in [0.1, 0.15) is 4.88 Å². The van der Waals surface area contributed by atoms with E-state index < -0.39 is 10.7 Å². The van der Waals surface area contributed by atoms with Gasteiger partial charge in [-0.1, -0.05) is 0 Å². The monoisotopic (exact) mass is 162 g/mol. The van der Waals surface area contributed by atoms with Gasteiger partial charge in [0.1, 0.15) is 4.21 Å². The van der Waals surface area contributed by atoms with Crippen molar-refractivity contribution in [1.29, 1.82) is 0 Å². The first-order chi connectivity index (χ1) is 4.20. The summed E-state index contributed by atoms with van der Waals surface area (Å²) in [6.07, 6.45) is 0. The Morgan fingerprint density at radius 3 is 2.33 bits per heavy atom. The second-order valence-corrected chi connectivity index (χ2v) is 4.23. The van der Waals surface area contributed by atoms with E-state index in [1.54, 1.807) is 12.1 Å². The summed E-state index contributed by atoms with van der Waals surface area (Å²) in [5, 5.41) is 0. The standard InChI is InChI=1S/C5H6O2S2/c1-4-2-3-5(8-4)9(6)7/h2-3,9H,1H3. The highest BCUT2D eigenvalue weighted by Crippen LogP contribution is 2.15. The molecule has 0 saturated heterocycles. The lowest BCUT2D eigenvalue weighted by molar-refractivity contribution is 0.616. The molecule has 0 saturated carbocycles. The molecule has 0 fully saturated rings. The van der Waals surface area contributed by atoms with Crippen LogP contribution in [0.2, 0.25) is 0 Å². The quantitative estimate of drug-likeness (QED) is 0.626. The van der Waals surface area contributed by atoms with E-state index in [-0.39, 0.29) is 0 Å². The van der Waals surface area contributed by atoms with Crippen LogP contribution >= 0.6 is 11.3 Å². The van der Waals surface area contributed by atoms with Crippen molar-refractivity contribution in [3.63, 3.8) is 0 Å². The van der Waals surface area contributed by atoms with Crippen molar-refractivity contribution in [1.82, 2.24) is 0 Å². The first kappa shape index (κ1) is 6.77. The Kier molecular flexibility index (Phi) is 1.87. The fourth-order valence-electron chi connectivity index (χ4n) is 0.520. The van der Waals surface area contributed by atoms with Gasteiger partial charge >= 0.3 is 0 Å². The third-order valence-corrected chi connectivity index (χ3v) is 2.94. The molecular formula is C5H6O2S2. The van der Waals surface area contributed by atoms with Crippen molar-refractivity contribution in [3.8, 4) is 0 Å². The Morgan fingerprint density at radius 2 is 2.11 bits per heavy atom. The van der Waals surface area contributed by atoms with Crippen LogP contribution < -0.4 is 0 Å². The van der Waals surface area contributed by atoms with Gasteiger partial charge in [-0.2, -0.15) is 0 Å². The lowest BCUT2D eigenvalue weighted by Gasteiger charge is -1.73. The molecule has 1 rings (SSSR count). The summed E-state index contributed by atoms with van der Waals surface area (Å²) >= 11 is 1.30. The summed E-state index contributed by atoms with van der Waals surface area (Å²) in [4.78, 5) is 1.03. The minimum Gasteiger partial charge on any atom is -0.226 e. The Morgan fingerprint density at radius 1 is 1.44 bits per heavy atom. The molecule has 0 bridgehead atoms. The fraction of sp³-hybridized carbons (Fsp3) is 0.200. The summed E-state index contributed by atoms with van der Waals surface area (Å²) in [6, 6.07) is 3.41. The van der Waals surface area contributed by atoms with Crippen LogP contribution in [-0.4, -0.2) is 8.42 Å². The predicted molar refractivity (Wildman–Crippen MR) is 37.6 cm³/mol. The Labute approximate surface area is 59.1 Å². The smallest absolute Gasteiger partial charge is 0.177 e. The van der Waals surface area contributed by atoms with Crippen LogP contribution in [0.3, 0.4) is 0 Å². The molecule has 0 amide bonds. The predicted octanol–water partition coefficient (Wildman–Crippen LogP) is 1.03. The van der Waals surface area contributed by atoms with Gasteiger partial charge in [-0.05, 0) is 19.1 Å². The van der Waals surface area contributed by atoms with E-state index in [0.717, 1.165) is 4.88 Å². The molecule has 1 heterocycles. The number of hydrogen-bond acceptors (Lipinski definition) is 3.